The molecule has 0 saturated heterocycles. The number of carboxylic acids is 4. The molecule has 0 amide bonds. The quantitative estimate of drug-likeness (QED) is 0.0518. The first kappa shape index (κ1) is 59.1. The van der Waals surface area contributed by atoms with E-state index in [9.17, 15) is 29.4 Å². The summed E-state index contributed by atoms with van der Waals surface area (Å²) in [6.45, 7) is 2.66. The SMILES string of the molecule is O=C([O-])CCCCCn1c(-c2ccc3cc(OCCCCCC(=O)O)ccc3c2)nc2ccccc21.O=C([O-])CCCCCn1c(-c2ccc3cc(OCCCCCC(=O)O)ccc3c2)nc2ccccc21.[Na+].[Na+]. The van der Waals surface area contributed by atoms with Gasteiger partial charge in [-0.3, -0.25) is 9.59 Å². The van der Waals surface area contributed by atoms with Crippen molar-refractivity contribution < 1.29 is 108 Å². The number of benzene rings is 6. The number of fused-ring (bicyclic) bond motifs is 4. The maximum atomic E-state index is 10.7. The Morgan fingerprint density at radius 1 is 0.432 bits per heavy atom. The number of hydrogen-bond donors (Lipinski definition) is 2. The first-order valence-electron chi connectivity index (χ1n) is 25.1. The first-order chi connectivity index (χ1) is 35.0. The zero-order valence-corrected chi connectivity index (χ0v) is 46.6. The van der Waals surface area contributed by atoms with Crippen LogP contribution in [0.4, 0.5) is 0 Å². The maximum absolute atomic E-state index is 10.7. The molecule has 376 valence electrons. The van der Waals surface area contributed by atoms with Crippen molar-refractivity contribution in [3.8, 4) is 34.3 Å². The van der Waals surface area contributed by atoms with Crippen LogP contribution in [0.2, 0.25) is 0 Å². The van der Waals surface area contributed by atoms with E-state index < -0.39 is 23.9 Å². The number of imidazole rings is 2. The van der Waals surface area contributed by atoms with E-state index in [1.54, 1.807) is 0 Å². The molecule has 2 aromatic heterocycles. The summed E-state index contributed by atoms with van der Waals surface area (Å²) in [5.41, 5.74) is 6.07. The van der Waals surface area contributed by atoms with Gasteiger partial charge in [0.25, 0.3) is 0 Å². The van der Waals surface area contributed by atoms with Gasteiger partial charge in [-0.15, -0.1) is 0 Å². The van der Waals surface area contributed by atoms with E-state index in [0.29, 0.717) is 38.9 Å². The molecule has 14 nitrogen and oxygen atoms in total. The topological polar surface area (TPSA) is 209 Å². The first-order valence-corrected chi connectivity index (χ1v) is 25.1. The van der Waals surface area contributed by atoms with Gasteiger partial charge in [-0.2, -0.15) is 0 Å². The number of ether oxygens (including phenoxy) is 2. The molecule has 0 aliphatic heterocycles. The molecule has 0 fully saturated rings. The molecule has 16 heteroatoms. The van der Waals surface area contributed by atoms with Crippen molar-refractivity contribution >= 4 is 67.5 Å². The molecule has 0 aliphatic carbocycles. The second kappa shape index (κ2) is 30.6. The fourth-order valence-corrected chi connectivity index (χ4v) is 8.87. The van der Waals surface area contributed by atoms with E-state index in [1.807, 2.05) is 72.8 Å². The minimum atomic E-state index is -0.996. The Morgan fingerprint density at radius 2 is 0.797 bits per heavy atom. The number of carboxylic acid groups (broad SMARTS) is 4. The average Bonchev–Trinajstić information content (AvgIpc) is 3.93. The molecule has 0 unspecified atom stereocenters. The molecule has 0 atom stereocenters. The number of carbonyl (C=O) groups is 4. The normalized spacial score (nSPS) is 10.9. The monoisotopic (exact) mass is 1020 g/mol. The van der Waals surface area contributed by atoms with E-state index in [-0.39, 0.29) is 84.8 Å². The number of hydrogen-bond acceptors (Lipinski definition) is 10. The molecule has 8 aromatic rings. The zero-order chi connectivity index (χ0) is 50.7. The number of rotatable bonds is 28. The molecule has 0 radical (unpaired) electrons. The van der Waals surface area contributed by atoms with Gasteiger partial charge in [-0.25, -0.2) is 9.97 Å². The summed E-state index contributed by atoms with van der Waals surface area (Å²) < 4.78 is 16.2. The Balaban J connectivity index is 0.000000267. The van der Waals surface area contributed by atoms with E-state index in [2.05, 4.69) is 57.7 Å². The van der Waals surface area contributed by atoms with Gasteiger partial charge >= 0.3 is 71.1 Å². The molecular weight excluding hydrogens is 959 g/mol. The smallest absolute Gasteiger partial charge is 0.550 e. The van der Waals surface area contributed by atoms with Crippen LogP contribution in [0.25, 0.3) is 66.4 Å². The van der Waals surface area contributed by atoms with Crippen molar-refractivity contribution in [1.29, 1.82) is 0 Å². The van der Waals surface area contributed by atoms with Crippen LogP contribution in [0.5, 0.6) is 11.5 Å². The Kier molecular flexibility index (Phi) is 24.4. The Labute approximate surface area is 475 Å². The van der Waals surface area contributed by atoms with E-state index in [4.69, 9.17) is 29.7 Å². The minimum absolute atomic E-state index is 0. The zero-order valence-electron chi connectivity index (χ0n) is 42.6. The van der Waals surface area contributed by atoms with Crippen LogP contribution >= 0.6 is 0 Å². The third kappa shape index (κ3) is 17.7. The van der Waals surface area contributed by atoms with Crippen molar-refractivity contribution in [2.75, 3.05) is 13.2 Å². The van der Waals surface area contributed by atoms with Crippen LogP contribution in [0, 0.1) is 0 Å². The van der Waals surface area contributed by atoms with E-state index >= 15 is 0 Å². The number of aromatic nitrogens is 4. The van der Waals surface area contributed by atoms with Gasteiger partial charge in [0.05, 0.1) is 35.3 Å². The summed E-state index contributed by atoms with van der Waals surface area (Å²) in [7, 11) is 0. The predicted octanol–water partition coefficient (Wildman–Crippen LogP) is 4.39. The molecule has 2 heterocycles. The molecule has 0 spiro atoms. The Morgan fingerprint density at radius 3 is 1.20 bits per heavy atom. The molecule has 6 aromatic carbocycles. The van der Waals surface area contributed by atoms with Crippen LogP contribution in [-0.4, -0.2) is 66.4 Å². The Hall–Kier alpha value is -5.74. The third-order valence-electron chi connectivity index (χ3n) is 12.6. The van der Waals surface area contributed by atoms with Crippen molar-refractivity contribution in [3.05, 3.63) is 121 Å². The predicted molar refractivity (Wildman–Crippen MR) is 275 cm³/mol. The summed E-state index contributed by atoms with van der Waals surface area (Å²) in [6, 6.07) is 40.8. The van der Waals surface area contributed by atoms with Crippen LogP contribution in [0.15, 0.2) is 121 Å². The number of carbonyl (C=O) groups excluding carboxylic acids is 2. The van der Waals surface area contributed by atoms with Crippen LogP contribution < -0.4 is 78.8 Å². The third-order valence-corrected chi connectivity index (χ3v) is 12.6. The van der Waals surface area contributed by atoms with Crippen LogP contribution in [0.3, 0.4) is 0 Å². The van der Waals surface area contributed by atoms with Gasteiger partial charge < -0.3 is 48.6 Å². The van der Waals surface area contributed by atoms with Gasteiger partial charge in [0.1, 0.15) is 23.1 Å². The van der Waals surface area contributed by atoms with Gasteiger partial charge in [0, 0.05) is 49.0 Å². The van der Waals surface area contributed by atoms with Crippen molar-refractivity contribution in [2.24, 2.45) is 0 Å². The molecule has 74 heavy (non-hydrogen) atoms. The number of aryl methyl sites for hydroxylation is 2. The molecule has 0 aliphatic rings. The molecule has 8 rings (SSSR count). The fourth-order valence-electron chi connectivity index (χ4n) is 8.87. The van der Waals surface area contributed by atoms with Crippen molar-refractivity contribution in [3.63, 3.8) is 0 Å². The number of unbranched alkanes of at least 4 members (excludes halogenated alkanes) is 8. The van der Waals surface area contributed by atoms with Gasteiger partial charge in [0.2, 0.25) is 0 Å². The summed E-state index contributed by atoms with van der Waals surface area (Å²) >= 11 is 0. The Bertz CT molecular complexity index is 2910. The van der Waals surface area contributed by atoms with Crippen molar-refractivity contribution in [2.45, 2.75) is 116 Å². The van der Waals surface area contributed by atoms with E-state index in [1.165, 1.54) is 0 Å². The summed E-state index contributed by atoms with van der Waals surface area (Å²) in [5.74, 6) is -0.0924. The standard InChI is InChI=1S/2C29H32N2O5.2Na/c2*32-27(33)11-3-1-7-17-31-26-10-6-5-9-25(26)30-29(31)23-14-13-22-20-24(16-15-21(22)19-23)36-18-8-2-4-12-28(34)35;;/h2*5-6,9-10,13-16,19-20H,1-4,7-8,11-12,17-18H2,(H,32,33)(H,34,35);;/q;;2*+1/p-2. The molecule has 2 N–H and O–H groups in total. The number of nitrogens with zero attached hydrogens (tertiary/aromatic N) is 4. The van der Waals surface area contributed by atoms with Gasteiger partial charge in [0.15, 0.2) is 0 Å². The average molecular weight is 1020 g/mol. The summed E-state index contributed by atoms with van der Waals surface area (Å²) in [5, 5.41) is 43.1. The van der Waals surface area contributed by atoms with Gasteiger partial charge in [-0.05, 0) is 159 Å². The van der Waals surface area contributed by atoms with E-state index in [0.717, 1.165) is 142 Å². The maximum Gasteiger partial charge on any atom is 1.00 e. The van der Waals surface area contributed by atoms with Crippen LogP contribution in [-0.2, 0) is 32.3 Å². The molecule has 0 saturated carbocycles. The molecule has 0 bridgehead atoms. The molecular formula is C58H62N4Na2O10. The fraction of sp³-hybridized carbons (Fsp3) is 0.345. The number of aliphatic carboxylic acids is 4. The minimum Gasteiger partial charge on any atom is -0.550 e. The largest absolute Gasteiger partial charge is 1.00 e. The van der Waals surface area contributed by atoms with Crippen LogP contribution in [0.1, 0.15) is 103 Å². The summed E-state index contributed by atoms with van der Waals surface area (Å²) in [4.78, 5) is 52.4. The second-order valence-corrected chi connectivity index (χ2v) is 18.1. The second-order valence-electron chi connectivity index (χ2n) is 18.1. The van der Waals surface area contributed by atoms with Gasteiger partial charge in [-0.1, -0.05) is 73.5 Å². The van der Waals surface area contributed by atoms with Crippen molar-refractivity contribution in [1.82, 2.24) is 19.1 Å². The number of para-hydroxylation sites is 4. The summed E-state index contributed by atoms with van der Waals surface area (Å²) in [6.07, 6.45) is 9.87.